The quantitative estimate of drug-likeness (QED) is 0.443. The second-order valence-electron chi connectivity index (χ2n) is 2.57. The average molecular weight is 170 g/mol. The van der Waals surface area contributed by atoms with E-state index in [-0.39, 0.29) is 12.3 Å². The van der Waals surface area contributed by atoms with Gasteiger partial charge in [0.05, 0.1) is 11.4 Å². The second kappa shape index (κ2) is 4.58. The number of aryl methyl sites for hydroxylation is 2. The molecule has 0 atom stereocenters. The fourth-order valence-corrected chi connectivity index (χ4v) is 0.861. The first-order valence-corrected chi connectivity index (χ1v) is 3.23. The summed E-state index contributed by atoms with van der Waals surface area (Å²) >= 11 is 0. The van der Waals surface area contributed by atoms with Crippen molar-refractivity contribution in [3.05, 3.63) is 23.3 Å². The van der Waals surface area contributed by atoms with Gasteiger partial charge >= 0.3 is 0 Å². The third-order valence-corrected chi connectivity index (χ3v) is 1.70. The largest absolute Gasteiger partial charge is 0.397 e. The lowest BCUT2D eigenvalue weighted by Gasteiger charge is -2.03. The van der Waals surface area contributed by atoms with Crippen LogP contribution in [0, 0.1) is 13.8 Å². The van der Waals surface area contributed by atoms with Crippen LogP contribution >= 0.6 is 0 Å². The first-order valence-electron chi connectivity index (χ1n) is 3.23. The molecule has 4 nitrogen and oxygen atoms in total. The average Bonchev–Trinajstić information content (AvgIpc) is 1.84. The number of rotatable bonds is 0. The van der Waals surface area contributed by atoms with Crippen molar-refractivity contribution in [2.75, 3.05) is 11.5 Å². The van der Waals surface area contributed by atoms with Crippen molar-refractivity contribution in [1.29, 1.82) is 0 Å². The summed E-state index contributed by atoms with van der Waals surface area (Å²) in [6.45, 7) is 4.04. The molecule has 0 saturated carbocycles. The maximum absolute atomic E-state index is 5.56. The first kappa shape index (κ1) is 13.3. The van der Waals surface area contributed by atoms with Gasteiger partial charge in [-0.2, -0.15) is 0 Å². The molecule has 0 radical (unpaired) electrons. The van der Waals surface area contributed by atoms with E-state index in [1.165, 1.54) is 11.1 Å². The zero-order chi connectivity index (χ0) is 7.72. The van der Waals surface area contributed by atoms with Gasteiger partial charge in [0.2, 0.25) is 0 Å². The molecule has 70 valence electrons. The van der Waals surface area contributed by atoms with Crippen LogP contribution in [-0.4, -0.2) is 0 Å². The Bertz CT molecular complexity index is 207. The van der Waals surface area contributed by atoms with E-state index in [9.17, 15) is 0 Å². The smallest absolute Gasteiger partial charge is 0.0550 e. The number of benzene rings is 1. The fraction of sp³-hybridized carbons (Fsp3) is 0.250. The normalized spacial score (nSPS) is 8.17. The van der Waals surface area contributed by atoms with Crippen LogP contribution in [0.5, 0.6) is 0 Å². The van der Waals surface area contributed by atoms with Gasteiger partial charge in [-0.05, 0) is 37.1 Å². The van der Waals surface area contributed by atoms with Gasteiger partial charge in [-0.15, -0.1) is 0 Å². The summed E-state index contributed by atoms with van der Waals surface area (Å²) in [5.74, 6) is 0. The SMILES string of the molecule is Cc1cc(N)c(N)cc1C.N.N. The van der Waals surface area contributed by atoms with Gasteiger partial charge in [0, 0.05) is 0 Å². The Hall–Kier alpha value is -1.26. The molecule has 1 aromatic carbocycles. The summed E-state index contributed by atoms with van der Waals surface area (Å²) in [4.78, 5) is 0. The van der Waals surface area contributed by atoms with Crippen molar-refractivity contribution in [3.63, 3.8) is 0 Å². The summed E-state index contributed by atoms with van der Waals surface area (Å²) in [6, 6.07) is 3.79. The lowest BCUT2D eigenvalue weighted by molar-refractivity contribution is 1.35. The minimum Gasteiger partial charge on any atom is -0.397 e. The third kappa shape index (κ3) is 2.41. The molecule has 0 aliphatic heterocycles. The molecule has 1 aromatic rings. The van der Waals surface area contributed by atoms with Crippen LogP contribution in [0.25, 0.3) is 0 Å². The summed E-state index contributed by atoms with van der Waals surface area (Å²) in [5, 5.41) is 0. The van der Waals surface area contributed by atoms with E-state index in [0.717, 1.165) is 0 Å². The molecule has 0 aliphatic carbocycles. The number of hydrogen-bond acceptors (Lipinski definition) is 4. The highest BCUT2D eigenvalue weighted by molar-refractivity contribution is 5.65. The van der Waals surface area contributed by atoms with Gasteiger partial charge in [0.1, 0.15) is 0 Å². The lowest BCUT2D eigenvalue weighted by atomic mass is 10.1. The Morgan fingerprint density at radius 2 is 1.08 bits per heavy atom. The van der Waals surface area contributed by atoms with Crippen LogP contribution in [0.1, 0.15) is 11.1 Å². The first-order chi connectivity index (χ1) is 4.61. The molecule has 0 aromatic heterocycles. The third-order valence-electron chi connectivity index (χ3n) is 1.70. The van der Waals surface area contributed by atoms with Gasteiger partial charge < -0.3 is 23.8 Å². The van der Waals surface area contributed by atoms with Crippen LogP contribution in [0.15, 0.2) is 12.1 Å². The molecule has 1 rings (SSSR count). The summed E-state index contributed by atoms with van der Waals surface area (Å²) < 4.78 is 0. The Balaban J connectivity index is 0. The van der Waals surface area contributed by atoms with Crippen molar-refractivity contribution in [1.82, 2.24) is 12.3 Å². The summed E-state index contributed by atoms with van der Waals surface area (Å²) in [5.41, 5.74) is 14.8. The maximum Gasteiger partial charge on any atom is 0.0550 e. The molecule has 0 fully saturated rings. The number of nitrogens with two attached hydrogens (primary N) is 2. The lowest BCUT2D eigenvalue weighted by Crippen LogP contribution is -1.96. The van der Waals surface area contributed by atoms with Crippen molar-refractivity contribution >= 4 is 11.4 Å². The zero-order valence-electron chi connectivity index (χ0n) is 7.72. The fourth-order valence-electron chi connectivity index (χ4n) is 0.861. The molecule has 0 bridgehead atoms. The van der Waals surface area contributed by atoms with Crippen LogP contribution in [-0.2, 0) is 0 Å². The second-order valence-corrected chi connectivity index (χ2v) is 2.57. The molecule has 0 spiro atoms. The van der Waals surface area contributed by atoms with Gasteiger partial charge in [-0.1, -0.05) is 0 Å². The van der Waals surface area contributed by atoms with Gasteiger partial charge in [-0.3, -0.25) is 0 Å². The molecule has 0 heterocycles. The highest BCUT2D eigenvalue weighted by atomic mass is 14.7. The predicted octanol–water partition coefficient (Wildman–Crippen LogP) is 1.79. The molecule has 12 heavy (non-hydrogen) atoms. The van der Waals surface area contributed by atoms with E-state index in [4.69, 9.17) is 11.5 Å². The van der Waals surface area contributed by atoms with Crippen molar-refractivity contribution in [2.45, 2.75) is 13.8 Å². The zero-order valence-corrected chi connectivity index (χ0v) is 7.72. The maximum atomic E-state index is 5.56. The molecular weight excluding hydrogens is 152 g/mol. The molecular formula is C8H18N4. The monoisotopic (exact) mass is 170 g/mol. The Kier molecular flexibility index (Phi) is 5.10. The summed E-state index contributed by atoms with van der Waals surface area (Å²) in [6.07, 6.45) is 0. The Labute approximate surface area is 73.1 Å². The van der Waals surface area contributed by atoms with Crippen LogP contribution in [0.4, 0.5) is 11.4 Å². The topological polar surface area (TPSA) is 122 Å². The number of nitrogen functional groups attached to an aromatic ring is 2. The number of anilines is 2. The summed E-state index contributed by atoms with van der Waals surface area (Å²) in [7, 11) is 0. The molecule has 0 saturated heterocycles. The van der Waals surface area contributed by atoms with E-state index in [1.807, 2.05) is 26.0 Å². The minimum atomic E-state index is 0. The molecule has 10 N–H and O–H groups in total. The molecule has 0 aliphatic rings. The highest BCUT2D eigenvalue weighted by Crippen LogP contribution is 2.18. The van der Waals surface area contributed by atoms with Crippen molar-refractivity contribution in [3.8, 4) is 0 Å². The Morgan fingerprint density at radius 1 is 0.833 bits per heavy atom. The van der Waals surface area contributed by atoms with Gasteiger partial charge in [0.15, 0.2) is 0 Å². The predicted molar refractivity (Wildman–Crippen MR) is 54.8 cm³/mol. The van der Waals surface area contributed by atoms with E-state index in [1.54, 1.807) is 0 Å². The highest BCUT2D eigenvalue weighted by Gasteiger charge is 1.96. The number of hydrogen-bond donors (Lipinski definition) is 4. The molecule has 0 amide bonds. The standard InChI is InChI=1S/C8H12N2.2H3N/c1-5-3-7(9)8(10)4-6(5)2;;/h3-4H,9-10H2,1-2H3;2*1H3. The van der Waals surface area contributed by atoms with Crippen molar-refractivity contribution in [2.24, 2.45) is 0 Å². The van der Waals surface area contributed by atoms with E-state index in [2.05, 4.69) is 0 Å². The van der Waals surface area contributed by atoms with E-state index >= 15 is 0 Å². The molecule has 0 unspecified atom stereocenters. The molecule has 4 heteroatoms. The van der Waals surface area contributed by atoms with Crippen LogP contribution in [0.3, 0.4) is 0 Å². The van der Waals surface area contributed by atoms with Gasteiger partial charge in [-0.25, -0.2) is 0 Å². The van der Waals surface area contributed by atoms with E-state index in [0.29, 0.717) is 11.4 Å². The van der Waals surface area contributed by atoms with Crippen LogP contribution in [0.2, 0.25) is 0 Å². The van der Waals surface area contributed by atoms with Crippen molar-refractivity contribution < 1.29 is 0 Å². The van der Waals surface area contributed by atoms with Gasteiger partial charge in [0.25, 0.3) is 0 Å². The minimum absolute atomic E-state index is 0. The Morgan fingerprint density at radius 3 is 1.33 bits per heavy atom. The van der Waals surface area contributed by atoms with Crippen LogP contribution < -0.4 is 23.8 Å². The van der Waals surface area contributed by atoms with E-state index < -0.39 is 0 Å².